The molecule has 0 radical (unpaired) electrons. The van der Waals surface area contributed by atoms with E-state index in [2.05, 4.69) is 105 Å². The molecular formula is C28H29N5S. The van der Waals surface area contributed by atoms with E-state index in [1.54, 1.807) is 0 Å². The number of hydrogen-bond donors (Lipinski definition) is 1. The Kier molecular flexibility index (Phi) is 5.84. The zero-order chi connectivity index (χ0) is 23.8. The van der Waals surface area contributed by atoms with Crippen LogP contribution in [0.2, 0.25) is 0 Å². The third-order valence-corrected chi connectivity index (χ3v) is 6.91. The van der Waals surface area contributed by atoms with Crippen molar-refractivity contribution in [1.29, 1.82) is 0 Å². The monoisotopic (exact) mass is 467 g/mol. The van der Waals surface area contributed by atoms with Gasteiger partial charge in [-0.3, -0.25) is 4.98 Å². The van der Waals surface area contributed by atoms with Crippen LogP contribution in [0.25, 0.3) is 5.69 Å². The average molecular weight is 468 g/mol. The maximum atomic E-state index is 5.90. The van der Waals surface area contributed by atoms with Gasteiger partial charge in [-0.25, -0.2) is 0 Å². The van der Waals surface area contributed by atoms with Crippen LogP contribution in [0.1, 0.15) is 34.6 Å². The normalized spacial score (nSPS) is 17.6. The van der Waals surface area contributed by atoms with Gasteiger partial charge in [0.2, 0.25) is 0 Å². The fourth-order valence-electron chi connectivity index (χ4n) is 4.59. The molecule has 1 fully saturated rings. The topological polar surface area (TPSA) is 36.3 Å². The highest BCUT2D eigenvalue weighted by Crippen LogP contribution is 2.42. The van der Waals surface area contributed by atoms with Gasteiger partial charge in [-0.15, -0.1) is 0 Å². The Bertz CT molecular complexity index is 1310. The van der Waals surface area contributed by atoms with Crippen LogP contribution in [0.4, 0.5) is 11.4 Å². The lowest BCUT2D eigenvalue weighted by Crippen LogP contribution is -2.30. The van der Waals surface area contributed by atoms with Crippen LogP contribution in [0.15, 0.2) is 85.2 Å². The summed E-state index contributed by atoms with van der Waals surface area (Å²) in [5.74, 6) is 0. The number of aromatic nitrogens is 2. The zero-order valence-corrected chi connectivity index (χ0v) is 20.8. The molecule has 4 aromatic rings. The highest BCUT2D eigenvalue weighted by atomic mass is 32.1. The van der Waals surface area contributed by atoms with Crippen molar-refractivity contribution in [2.75, 3.05) is 23.9 Å². The molecule has 2 aromatic heterocycles. The number of thiocarbonyl (C=S) groups is 1. The van der Waals surface area contributed by atoms with E-state index in [4.69, 9.17) is 12.2 Å². The lowest BCUT2D eigenvalue weighted by molar-refractivity contribution is 0.549. The van der Waals surface area contributed by atoms with E-state index < -0.39 is 0 Å². The summed E-state index contributed by atoms with van der Waals surface area (Å²) in [7, 11) is 4.10. The quantitative estimate of drug-likeness (QED) is 0.379. The third kappa shape index (κ3) is 3.94. The van der Waals surface area contributed by atoms with Crippen LogP contribution in [0, 0.1) is 13.8 Å². The summed E-state index contributed by atoms with van der Waals surface area (Å²) in [5, 5.41) is 4.26. The zero-order valence-electron chi connectivity index (χ0n) is 19.9. The van der Waals surface area contributed by atoms with E-state index in [0.29, 0.717) is 5.11 Å². The Balaban J connectivity index is 1.64. The van der Waals surface area contributed by atoms with Crippen LogP contribution in [0.3, 0.4) is 0 Å². The molecule has 1 N–H and O–H groups in total. The Hall–Kier alpha value is -3.64. The summed E-state index contributed by atoms with van der Waals surface area (Å²) >= 11 is 5.90. The minimum absolute atomic E-state index is 0.0655. The molecule has 0 spiro atoms. The molecule has 2 aromatic carbocycles. The van der Waals surface area contributed by atoms with E-state index in [9.17, 15) is 0 Å². The lowest BCUT2D eigenvalue weighted by atomic mass is 10.0. The van der Waals surface area contributed by atoms with Gasteiger partial charge in [0.15, 0.2) is 5.11 Å². The summed E-state index contributed by atoms with van der Waals surface area (Å²) in [5.41, 5.74) is 8.03. The molecule has 0 saturated carbocycles. The summed E-state index contributed by atoms with van der Waals surface area (Å²) in [4.78, 5) is 9.01. The van der Waals surface area contributed by atoms with Gasteiger partial charge in [0.05, 0.1) is 11.7 Å². The molecule has 0 amide bonds. The number of aryl methyl sites for hydroxylation is 2. The third-order valence-electron chi connectivity index (χ3n) is 6.59. The van der Waals surface area contributed by atoms with Crippen molar-refractivity contribution in [3.63, 3.8) is 0 Å². The Morgan fingerprint density at radius 2 is 1.65 bits per heavy atom. The van der Waals surface area contributed by atoms with Crippen molar-refractivity contribution < 1.29 is 0 Å². The smallest absolute Gasteiger partial charge is 0.174 e. The number of pyridine rings is 1. The second-order valence-corrected chi connectivity index (χ2v) is 9.37. The van der Waals surface area contributed by atoms with Crippen LogP contribution >= 0.6 is 12.2 Å². The van der Waals surface area contributed by atoms with Gasteiger partial charge in [0.1, 0.15) is 6.04 Å². The van der Waals surface area contributed by atoms with E-state index in [0.717, 1.165) is 28.5 Å². The van der Waals surface area contributed by atoms with E-state index in [-0.39, 0.29) is 12.1 Å². The number of anilines is 2. The van der Waals surface area contributed by atoms with Gasteiger partial charge >= 0.3 is 0 Å². The molecule has 1 aliphatic heterocycles. The van der Waals surface area contributed by atoms with Gasteiger partial charge in [0.25, 0.3) is 0 Å². The second kappa shape index (κ2) is 8.95. The maximum Gasteiger partial charge on any atom is 0.174 e. The molecule has 2 atom stereocenters. The Morgan fingerprint density at radius 3 is 2.32 bits per heavy atom. The molecule has 34 heavy (non-hydrogen) atoms. The van der Waals surface area contributed by atoms with E-state index in [1.165, 1.54) is 11.1 Å². The number of nitrogens with zero attached hydrogens (tertiary/aromatic N) is 4. The molecule has 0 bridgehead atoms. The number of rotatable bonds is 5. The highest BCUT2D eigenvalue weighted by molar-refractivity contribution is 7.80. The second-order valence-electron chi connectivity index (χ2n) is 8.98. The standard InChI is InChI=1S/C28H29N5S/c1-19-10-11-23(18-20(19)2)32-17-7-9-25(32)27-26(24-8-5-6-16-29-24)30-28(34)33(27)22-14-12-21(13-15-22)31(3)4/h5-18,26-27H,1-4H3,(H,30,34). The van der Waals surface area contributed by atoms with E-state index >= 15 is 0 Å². The molecule has 2 unspecified atom stereocenters. The van der Waals surface area contributed by atoms with Crippen molar-refractivity contribution in [3.05, 3.63) is 108 Å². The first-order valence-corrected chi connectivity index (χ1v) is 11.9. The van der Waals surface area contributed by atoms with Crippen molar-refractivity contribution in [1.82, 2.24) is 14.9 Å². The molecule has 3 heterocycles. The predicted octanol–water partition coefficient (Wildman–Crippen LogP) is 5.73. The molecule has 172 valence electrons. The molecule has 1 saturated heterocycles. The van der Waals surface area contributed by atoms with Crippen molar-refractivity contribution >= 4 is 28.7 Å². The molecule has 6 heteroatoms. The molecule has 5 nitrogen and oxygen atoms in total. The first kappa shape index (κ1) is 22.2. The Morgan fingerprint density at radius 1 is 0.882 bits per heavy atom. The molecule has 0 aliphatic carbocycles. The van der Waals surface area contributed by atoms with Gasteiger partial charge in [-0.05, 0) is 97.9 Å². The van der Waals surface area contributed by atoms with Crippen molar-refractivity contribution in [2.24, 2.45) is 0 Å². The van der Waals surface area contributed by atoms with Crippen LogP contribution < -0.4 is 15.1 Å². The van der Waals surface area contributed by atoms with Gasteiger partial charge in [0, 0.05) is 49.2 Å². The number of nitrogens with one attached hydrogen (secondary N) is 1. The molecular weight excluding hydrogens is 438 g/mol. The first-order valence-electron chi connectivity index (χ1n) is 11.5. The number of benzene rings is 2. The number of hydrogen-bond acceptors (Lipinski definition) is 3. The summed E-state index contributed by atoms with van der Waals surface area (Å²) in [6.07, 6.45) is 3.97. The lowest BCUT2D eigenvalue weighted by Gasteiger charge is -2.29. The summed E-state index contributed by atoms with van der Waals surface area (Å²) in [6.45, 7) is 4.30. The van der Waals surface area contributed by atoms with Gasteiger partial charge < -0.3 is 19.7 Å². The SMILES string of the molecule is Cc1ccc(-n2cccc2C2C(c3ccccn3)NC(=S)N2c2ccc(N(C)C)cc2)cc1C. The molecule has 5 rings (SSSR count). The first-order chi connectivity index (χ1) is 16.4. The van der Waals surface area contributed by atoms with E-state index in [1.807, 2.05) is 32.4 Å². The van der Waals surface area contributed by atoms with Crippen LogP contribution in [0.5, 0.6) is 0 Å². The highest BCUT2D eigenvalue weighted by Gasteiger charge is 2.42. The van der Waals surface area contributed by atoms with Gasteiger partial charge in [-0.1, -0.05) is 12.1 Å². The Labute approximate surface area is 206 Å². The molecule has 1 aliphatic rings. The van der Waals surface area contributed by atoms with Crippen molar-refractivity contribution in [2.45, 2.75) is 25.9 Å². The summed E-state index contributed by atoms with van der Waals surface area (Å²) < 4.78 is 2.27. The summed E-state index contributed by atoms with van der Waals surface area (Å²) in [6, 6.07) is 25.3. The van der Waals surface area contributed by atoms with Crippen LogP contribution in [-0.4, -0.2) is 28.8 Å². The van der Waals surface area contributed by atoms with Crippen LogP contribution in [-0.2, 0) is 0 Å². The minimum atomic E-state index is -0.0811. The van der Waals surface area contributed by atoms with Gasteiger partial charge in [-0.2, -0.15) is 0 Å². The maximum absolute atomic E-state index is 5.90. The average Bonchev–Trinajstić information content (AvgIpc) is 3.45. The minimum Gasteiger partial charge on any atom is -0.378 e. The van der Waals surface area contributed by atoms with Crippen molar-refractivity contribution in [3.8, 4) is 5.69 Å². The fraction of sp³-hybridized carbons (Fsp3) is 0.214. The predicted molar refractivity (Wildman–Crippen MR) is 144 cm³/mol. The fourth-order valence-corrected chi connectivity index (χ4v) is 4.94. The largest absolute Gasteiger partial charge is 0.378 e.